The molecule has 0 bridgehead atoms. The Morgan fingerprint density at radius 2 is 2.23 bits per heavy atom. The SMILES string of the molecule is C=C(C)NC(=O)N1CCCCC1C. The molecule has 0 saturated carbocycles. The average molecular weight is 182 g/mol. The molecule has 2 amide bonds. The Morgan fingerprint density at radius 3 is 2.77 bits per heavy atom. The van der Waals surface area contributed by atoms with Gasteiger partial charge in [0.05, 0.1) is 0 Å². The molecule has 1 fully saturated rings. The molecule has 1 aliphatic rings. The molecule has 1 rings (SSSR count). The van der Waals surface area contributed by atoms with E-state index in [-0.39, 0.29) is 6.03 Å². The van der Waals surface area contributed by atoms with Crippen LogP contribution < -0.4 is 5.32 Å². The van der Waals surface area contributed by atoms with Gasteiger partial charge in [0, 0.05) is 18.3 Å². The number of likely N-dealkylation sites (tertiary alicyclic amines) is 1. The number of carbonyl (C=O) groups is 1. The first-order chi connectivity index (χ1) is 6.11. The van der Waals surface area contributed by atoms with Crippen LogP contribution in [0.2, 0.25) is 0 Å². The van der Waals surface area contributed by atoms with Crippen LogP contribution in [0.5, 0.6) is 0 Å². The van der Waals surface area contributed by atoms with Crippen LogP contribution in [0.4, 0.5) is 4.79 Å². The molecule has 0 aromatic carbocycles. The number of allylic oxidation sites excluding steroid dienone is 1. The Balaban J connectivity index is 2.48. The minimum Gasteiger partial charge on any atom is -0.322 e. The minimum atomic E-state index is -0.000278. The molecule has 3 nitrogen and oxygen atoms in total. The van der Waals surface area contributed by atoms with E-state index in [0.717, 1.165) is 19.4 Å². The second-order valence-corrected chi connectivity index (χ2v) is 3.75. The standard InChI is InChI=1S/C10H18N2O/c1-8(2)11-10(13)12-7-5-4-6-9(12)3/h9H,1,4-7H2,2-3H3,(H,11,13). The predicted octanol–water partition coefficient (Wildman–Crippen LogP) is 2.10. The summed E-state index contributed by atoms with van der Waals surface area (Å²) in [6.45, 7) is 8.42. The van der Waals surface area contributed by atoms with E-state index in [2.05, 4.69) is 18.8 Å². The molecule has 0 aromatic heterocycles. The summed E-state index contributed by atoms with van der Waals surface area (Å²) in [5.41, 5.74) is 0.711. The molecule has 1 heterocycles. The number of urea groups is 1. The van der Waals surface area contributed by atoms with E-state index in [1.54, 1.807) is 6.92 Å². The van der Waals surface area contributed by atoms with Crippen LogP contribution in [0.1, 0.15) is 33.1 Å². The summed E-state index contributed by atoms with van der Waals surface area (Å²) < 4.78 is 0. The highest BCUT2D eigenvalue weighted by atomic mass is 16.2. The third-order valence-corrected chi connectivity index (χ3v) is 2.38. The van der Waals surface area contributed by atoms with Crippen molar-refractivity contribution < 1.29 is 4.79 Å². The highest BCUT2D eigenvalue weighted by Crippen LogP contribution is 2.16. The number of amides is 2. The van der Waals surface area contributed by atoms with Gasteiger partial charge >= 0.3 is 6.03 Å². The van der Waals surface area contributed by atoms with Crippen molar-refractivity contribution in [3.05, 3.63) is 12.3 Å². The molecular formula is C10H18N2O. The Bertz CT molecular complexity index is 213. The van der Waals surface area contributed by atoms with Crippen molar-refractivity contribution in [2.75, 3.05) is 6.54 Å². The normalized spacial score (nSPS) is 22.6. The Hall–Kier alpha value is -0.990. The first kappa shape index (κ1) is 10.1. The van der Waals surface area contributed by atoms with Crippen LogP contribution in [0.25, 0.3) is 0 Å². The van der Waals surface area contributed by atoms with Gasteiger partial charge in [0.25, 0.3) is 0 Å². The summed E-state index contributed by atoms with van der Waals surface area (Å²) in [6, 6.07) is 0.368. The molecule has 0 aromatic rings. The van der Waals surface area contributed by atoms with Crippen molar-refractivity contribution in [1.82, 2.24) is 10.2 Å². The van der Waals surface area contributed by atoms with E-state index >= 15 is 0 Å². The molecule has 1 unspecified atom stereocenters. The number of piperidine rings is 1. The van der Waals surface area contributed by atoms with Crippen LogP contribution >= 0.6 is 0 Å². The van der Waals surface area contributed by atoms with Gasteiger partial charge in [-0.3, -0.25) is 0 Å². The van der Waals surface area contributed by atoms with Gasteiger partial charge in [0.15, 0.2) is 0 Å². The van der Waals surface area contributed by atoms with Gasteiger partial charge in [-0.05, 0) is 33.1 Å². The van der Waals surface area contributed by atoms with Crippen molar-refractivity contribution in [3.63, 3.8) is 0 Å². The van der Waals surface area contributed by atoms with Crippen molar-refractivity contribution in [2.24, 2.45) is 0 Å². The number of hydrogen-bond acceptors (Lipinski definition) is 1. The van der Waals surface area contributed by atoms with Gasteiger partial charge in [-0.25, -0.2) is 4.79 Å². The average Bonchev–Trinajstić information content (AvgIpc) is 2.03. The molecule has 74 valence electrons. The van der Waals surface area contributed by atoms with Gasteiger partial charge in [-0.2, -0.15) is 0 Å². The van der Waals surface area contributed by atoms with Crippen molar-refractivity contribution >= 4 is 6.03 Å². The highest BCUT2D eigenvalue weighted by molar-refractivity contribution is 5.76. The van der Waals surface area contributed by atoms with E-state index in [1.165, 1.54) is 6.42 Å². The lowest BCUT2D eigenvalue weighted by molar-refractivity contribution is 0.160. The number of nitrogens with zero attached hydrogens (tertiary/aromatic N) is 1. The summed E-state index contributed by atoms with van der Waals surface area (Å²) in [7, 11) is 0. The number of nitrogens with one attached hydrogen (secondary N) is 1. The monoisotopic (exact) mass is 182 g/mol. The number of hydrogen-bond donors (Lipinski definition) is 1. The van der Waals surface area contributed by atoms with Crippen LogP contribution in [0.3, 0.4) is 0 Å². The second-order valence-electron chi connectivity index (χ2n) is 3.75. The molecule has 0 radical (unpaired) electrons. The van der Waals surface area contributed by atoms with Crippen molar-refractivity contribution in [3.8, 4) is 0 Å². The van der Waals surface area contributed by atoms with Crippen LogP contribution in [0, 0.1) is 0 Å². The van der Waals surface area contributed by atoms with E-state index in [0.29, 0.717) is 11.7 Å². The van der Waals surface area contributed by atoms with Gasteiger partial charge in [0.2, 0.25) is 0 Å². The summed E-state index contributed by atoms with van der Waals surface area (Å²) in [5.74, 6) is 0. The second kappa shape index (κ2) is 4.30. The smallest absolute Gasteiger partial charge is 0.321 e. The third-order valence-electron chi connectivity index (χ3n) is 2.38. The molecule has 0 aliphatic carbocycles. The maximum absolute atomic E-state index is 11.6. The lowest BCUT2D eigenvalue weighted by Gasteiger charge is -2.33. The first-order valence-corrected chi connectivity index (χ1v) is 4.84. The van der Waals surface area contributed by atoms with Crippen molar-refractivity contribution in [2.45, 2.75) is 39.2 Å². The zero-order valence-corrected chi connectivity index (χ0v) is 8.47. The summed E-state index contributed by atoms with van der Waals surface area (Å²) in [6.07, 6.45) is 3.47. The zero-order valence-electron chi connectivity index (χ0n) is 8.47. The minimum absolute atomic E-state index is 0.000278. The fourth-order valence-electron chi connectivity index (χ4n) is 1.65. The maximum atomic E-state index is 11.6. The Labute approximate surface area is 79.8 Å². The topological polar surface area (TPSA) is 32.3 Å². The molecule has 0 spiro atoms. The molecule has 1 atom stereocenters. The van der Waals surface area contributed by atoms with E-state index < -0.39 is 0 Å². The number of carbonyl (C=O) groups excluding carboxylic acids is 1. The van der Waals surface area contributed by atoms with E-state index in [9.17, 15) is 4.79 Å². The maximum Gasteiger partial charge on any atom is 0.321 e. The molecule has 13 heavy (non-hydrogen) atoms. The summed E-state index contributed by atoms with van der Waals surface area (Å²) in [5, 5.41) is 2.74. The van der Waals surface area contributed by atoms with E-state index in [4.69, 9.17) is 0 Å². The van der Waals surface area contributed by atoms with Gasteiger partial charge < -0.3 is 10.2 Å². The quantitative estimate of drug-likeness (QED) is 0.661. The molecule has 1 saturated heterocycles. The van der Waals surface area contributed by atoms with Gasteiger partial charge in [-0.1, -0.05) is 6.58 Å². The first-order valence-electron chi connectivity index (χ1n) is 4.84. The highest BCUT2D eigenvalue weighted by Gasteiger charge is 2.22. The predicted molar refractivity (Wildman–Crippen MR) is 53.4 cm³/mol. The van der Waals surface area contributed by atoms with Crippen molar-refractivity contribution in [1.29, 1.82) is 0 Å². The fraction of sp³-hybridized carbons (Fsp3) is 0.700. The van der Waals surface area contributed by atoms with Gasteiger partial charge in [-0.15, -0.1) is 0 Å². The summed E-state index contributed by atoms with van der Waals surface area (Å²) >= 11 is 0. The van der Waals surface area contributed by atoms with Crippen LogP contribution in [-0.2, 0) is 0 Å². The zero-order chi connectivity index (χ0) is 9.84. The molecular weight excluding hydrogens is 164 g/mol. The fourth-order valence-corrected chi connectivity index (χ4v) is 1.65. The summed E-state index contributed by atoms with van der Waals surface area (Å²) in [4.78, 5) is 13.5. The van der Waals surface area contributed by atoms with Gasteiger partial charge in [0.1, 0.15) is 0 Å². The molecule has 1 N–H and O–H groups in total. The Kier molecular flexibility index (Phi) is 3.34. The molecule has 3 heteroatoms. The van der Waals surface area contributed by atoms with Crippen LogP contribution in [0.15, 0.2) is 12.3 Å². The number of rotatable bonds is 1. The lowest BCUT2D eigenvalue weighted by Crippen LogP contribution is -2.46. The largest absolute Gasteiger partial charge is 0.322 e. The Morgan fingerprint density at radius 1 is 1.54 bits per heavy atom. The third kappa shape index (κ3) is 2.76. The van der Waals surface area contributed by atoms with Crippen LogP contribution in [-0.4, -0.2) is 23.5 Å². The van der Waals surface area contributed by atoms with E-state index in [1.807, 2.05) is 4.90 Å². The molecule has 1 aliphatic heterocycles. The lowest BCUT2D eigenvalue weighted by atomic mass is 10.0.